The van der Waals surface area contributed by atoms with Crippen molar-refractivity contribution < 1.29 is 4.79 Å². The second-order valence-corrected chi connectivity index (χ2v) is 5.97. The molecule has 0 aliphatic rings. The van der Waals surface area contributed by atoms with E-state index in [4.69, 9.17) is 0 Å². The van der Waals surface area contributed by atoms with E-state index >= 15 is 0 Å². The first-order valence-corrected chi connectivity index (χ1v) is 7.41. The van der Waals surface area contributed by atoms with Crippen LogP contribution in [-0.4, -0.2) is 5.78 Å². The van der Waals surface area contributed by atoms with E-state index in [0.717, 1.165) is 20.7 Å². The zero-order valence-electron chi connectivity index (χ0n) is 10.0. The fourth-order valence-corrected chi connectivity index (χ4v) is 2.94. The summed E-state index contributed by atoms with van der Waals surface area (Å²) >= 11 is 5.21. The molecule has 0 aliphatic carbocycles. The fourth-order valence-electron chi connectivity index (χ4n) is 1.60. The Morgan fingerprint density at radius 3 is 2.67 bits per heavy atom. The van der Waals surface area contributed by atoms with Gasteiger partial charge in [-0.05, 0) is 36.8 Å². The van der Waals surface area contributed by atoms with Gasteiger partial charge in [0.25, 0.3) is 0 Å². The van der Waals surface area contributed by atoms with E-state index in [1.165, 1.54) is 5.56 Å². The van der Waals surface area contributed by atoms with Crippen LogP contribution in [0.5, 0.6) is 0 Å². The maximum Gasteiger partial charge on any atom is 0.159 e. The first-order chi connectivity index (χ1) is 8.65. The third-order valence-electron chi connectivity index (χ3n) is 2.54. The Hall–Kier alpha value is -1.06. The number of hydrogen-bond acceptors (Lipinski definition) is 2. The molecule has 0 heterocycles. The molecule has 2 aromatic rings. The molecule has 2 rings (SSSR count). The van der Waals surface area contributed by atoms with Crippen LogP contribution in [0.15, 0.2) is 57.9 Å². The summed E-state index contributed by atoms with van der Waals surface area (Å²) in [4.78, 5) is 12.4. The molecule has 0 unspecified atom stereocenters. The molecule has 0 amide bonds. The Morgan fingerprint density at radius 1 is 1.17 bits per heavy atom. The van der Waals surface area contributed by atoms with E-state index in [2.05, 4.69) is 28.1 Å². The monoisotopic (exact) mass is 320 g/mol. The standard InChI is InChI=1S/C15H13BrOS/c1-11(17)13-5-3-7-15(9-13)18-10-12-4-2-6-14(16)8-12/h2-9H,10H2,1H3. The maximum atomic E-state index is 11.3. The van der Waals surface area contributed by atoms with Gasteiger partial charge in [-0.3, -0.25) is 4.79 Å². The Morgan fingerprint density at radius 2 is 1.94 bits per heavy atom. The molecular weight excluding hydrogens is 308 g/mol. The number of ketones is 1. The number of rotatable bonds is 4. The van der Waals surface area contributed by atoms with Gasteiger partial charge in [0.1, 0.15) is 0 Å². The summed E-state index contributed by atoms with van der Waals surface area (Å²) in [6.07, 6.45) is 0. The van der Waals surface area contributed by atoms with Crippen LogP contribution in [0.3, 0.4) is 0 Å². The summed E-state index contributed by atoms with van der Waals surface area (Å²) in [5.41, 5.74) is 2.04. The number of halogens is 1. The fraction of sp³-hybridized carbons (Fsp3) is 0.133. The molecule has 2 aromatic carbocycles. The summed E-state index contributed by atoms with van der Waals surface area (Å²) in [7, 11) is 0. The average Bonchev–Trinajstić information content (AvgIpc) is 2.37. The van der Waals surface area contributed by atoms with Crippen molar-refractivity contribution in [3.63, 3.8) is 0 Å². The lowest BCUT2D eigenvalue weighted by atomic mass is 10.2. The number of carbonyl (C=O) groups excluding carboxylic acids is 1. The van der Waals surface area contributed by atoms with Crippen molar-refractivity contribution in [1.29, 1.82) is 0 Å². The van der Waals surface area contributed by atoms with E-state index in [0.29, 0.717) is 0 Å². The molecule has 3 heteroatoms. The molecule has 0 N–H and O–H groups in total. The summed E-state index contributed by atoms with van der Waals surface area (Å²) < 4.78 is 1.10. The molecule has 0 radical (unpaired) electrons. The SMILES string of the molecule is CC(=O)c1cccc(SCc2cccc(Br)c2)c1. The third-order valence-corrected chi connectivity index (χ3v) is 4.09. The molecule has 1 nitrogen and oxygen atoms in total. The minimum Gasteiger partial charge on any atom is -0.295 e. The molecule has 0 saturated heterocycles. The molecule has 18 heavy (non-hydrogen) atoms. The van der Waals surface area contributed by atoms with Crippen molar-refractivity contribution in [2.45, 2.75) is 17.6 Å². The summed E-state index contributed by atoms with van der Waals surface area (Å²) in [5, 5.41) is 0. The minimum atomic E-state index is 0.111. The van der Waals surface area contributed by atoms with Gasteiger partial charge in [0, 0.05) is 20.7 Å². The van der Waals surface area contributed by atoms with Gasteiger partial charge in [-0.1, -0.05) is 40.2 Å². The third kappa shape index (κ3) is 3.72. The van der Waals surface area contributed by atoms with Crippen LogP contribution >= 0.6 is 27.7 Å². The largest absolute Gasteiger partial charge is 0.295 e. The van der Waals surface area contributed by atoms with Gasteiger partial charge in [0.2, 0.25) is 0 Å². The van der Waals surface area contributed by atoms with E-state index in [1.54, 1.807) is 18.7 Å². The normalized spacial score (nSPS) is 10.3. The lowest BCUT2D eigenvalue weighted by molar-refractivity contribution is 0.101. The van der Waals surface area contributed by atoms with Gasteiger partial charge < -0.3 is 0 Å². The highest BCUT2D eigenvalue weighted by atomic mass is 79.9. The molecule has 0 aliphatic heterocycles. The Bertz CT molecular complexity index is 566. The Balaban J connectivity index is 2.06. The van der Waals surface area contributed by atoms with E-state index in [9.17, 15) is 4.79 Å². The molecule has 0 saturated carbocycles. The van der Waals surface area contributed by atoms with Crippen molar-refractivity contribution in [1.82, 2.24) is 0 Å². The predicted octanol–water partition coefficient (Wildman–Crippen LogP) is 4.94. The van der Waals surface area contributed by atoms with Crippen LogP contribution in [0.25, 0.3) is 0 Å². The second kappa shape index (κ2) is 6.21. The number of carbonyl (C=O) groups is 1. The smallest absolute Gasteiger partial charge is 0.159 e. The van der Waals surface area contributed by atoms with Gasteiger partial charge in [-0.25, -0.2) is 0 Å². The summed E-state index contributed by atoms with van der Waals surface area (Å²) in [6, 6.07) is 16.0. The first kappa shape index (κ1) is 13.4. The zero-order chi connectivity index (χ0) is 13.0. The lowest BCUT2D eigenvalue weighted by Crippen LogP contribution is -1.91. The molecule has 0 spiro atoms. The minimum absolute atomic E-state index is 0.111. The zero-order valence-corrected chi connectivity index (χ0v) is 12.4. The molecule has 0 atom stereocenters. The van der Waals surface area contributed by atoms with Crippen LogP contribution in [0.1, 0.15) is 22.8 Å². The van der Waals surface area contributed by atoms with Gasteiger partial charge in [0.05, 0.1) is 0 Å². The van der Waals surface area contributed by atoms with Crippen molar-refractivity contribution in [2.75, 3.05) is 0 Å². The molecular formula is C15H13BrOS. The first-order valence-electron chi connectivity index (χ1n) is 5.63. The maximum absolute atomic E-state index is 11.3. The highest BCUT2D eigenvalue weighted by Gasteiger charge is 2.01. The van der Waals surface area contributed by atoms with Crippen molar-refractivity contribution >= 4 is 33.5 Å². The predicted molar refractivity (Wildman–Crippen MR) is 80.1 cm³/mol. The van der Waals surface area contributed by atoms with Crippen molar-refractivity contribution in [3.05, 3.63) is 64.1 Å². The van der Waals surface area contributed by atoms with Gasteiger partial charge >= 0.3 is 0 Å². The number of hydrogen-bond donors (Lipinski definition) is 0. The van der Waals surface area contributed by atoms with Crippen LogP contribution in [0.4, 0.5) is 0 Å². The van der Waals surface area contributed by atoms with Crippen LogP contribution in [0.2, 0.25) is 0 Å². The van der Waals surface area contributed by atoms with E-state index in [-0.39, 0.29) is 5.78 Å². The van der Waals surface area contributed by atoms with Crippen molar-refractivity contribution in [2.24, 2.45) is 0 Å². The highest BCUT2D eigenvalue weighted by molar-refractivity contribution is 9.10. The van der Waals surface area contributed by atoms with Crippen LogP contribution < -0.4 is 0 Å². The van der Waals surface area contributed by atoms with Crippen molar-refractivity contribution in [3.8, 4) is 0 Å². The van der Waals surface area contributed by atoms with E-state index < -0.39 is 0 Å². The Labute approximate surface area is 120 Å². The summed E-state index contributed by atoms with van der Waals surface area (Å²) in [5.74, 6) is 1.01. The number of benzene rings is 2. The topological polar surface area (TPSA) is 17.1 Å². The van der Waals surface area contributed by atoms with E-state index in [1.807, 2.05) is 36.4 Å². The highest BCUT2D eigenvalue weighted by Crippen LogP contribution is 2.25. The quantitative estimate of drug-likeness (QED) is 0.586. The summed E-state index contributed by atoms with van der Waals surface area (Å²) in [6.45, 7) is 1.60. The molecule has 0 aromatic heterocycles. The second-order valence-electron chi connectivity index (χ2n) is 4.00. The van der Waals surface area contributed by atoms with Crippen LogP contribution in [0, 0.1) is 0 Å². The van der Waals surface area contributed by atoms with Crippen LogP contribution in [-0.2, 0) is 5.75 Å². The average molecular weight is 321 g/mol. The number of Topliss-reactive ketones (excluding diaryl/α,β-unsaturated/α-hetero) is 1. The van der Waals surface area contributed by atoms with Gasteiger partial charge in [0.15, 0.2) is 5.78 Å². The lowest BCUT2D eigenvalue weighted by Gasteiger charge is -2.04. The molecule has 0 fully saturated rings. The molecule has 92 valence electrons. The number of thioether (sulfide) groups is 1. The Kier molecular flexibility index (Phi) is 4.61. The van der Waals surface area contributed by atoms with Gasteiger partial charge in [-0.15, -0.1) is 11.8 Å². The molecule has 0 bridgehead atoms. The van der Waals surface area contributed by atoms with Gasteiger partial charge in [-0.2, -0.15) is 0 Å².